The molecule has 0 fully saturated rings. The maximum Gasteiger partial charge on any atom is 0.416 e. The molecule has 0 bridgehead atoms. The molecule has 0 saturated carbocycles. The maximum atomic E-state index is 13.2. The number of rotatable bonds is 8. The van der Waals surface area contributed by atoms with Crippen LogP contribution in [0.2, 0.25) is 0 Å². The van der Waals surface area contributed by atoms with E-state index < -0.39 is 11.7 Å². The highest BCUT2D eigenvalue weighted by atomic mass is 19.4. The number of aryl methyl sites for hydroxylation is 1. The molecule has 0 spiro atoms. The lowest BCUT2D eigenvalue weighted by molar-refractivity contribution is -0.138. The summed E-state index contributed by atoms with van der Waals surface area (Å²) in [7, 11) is 3.30. The fourth-order valence-corrected chi connectivity index (χ4v) is 3.65. The number of carbonyl (C=O) groups is 1. The summed E-state index contributed by atoms with van der Waals surface area (Å²) >= 11 is 0. The Morgan fingerprint density at radius 3 is 2.47 bits per heavy atom. The highest BCUT2D eigenvalue weighted by Gasteiger charge is 2.33. The van der Waals surface area contributed by atoms with Crippen molar-refractivity contribution in [2.45, 2.75) is 39.0 Å². The number of ketones is 1. The molecule has 1 atom stereocenters. The van der Waals surface area contributed by atoms with Crippen LogP contribution in [0.25, 0.3) is 0 Å². The van der Waals surface area contributed by atoms with Gasteiger partial charge in [-0.2, -0.15) is 18.3 Å². The van der Waals surface area contributed by atoms with Crippen molar-refractivity contribution in [2.75, 3.05) is 7.11 Å². The standard InChI is InChI=1S/C24H25F3N2O3/c1-15(30)11-19(20-13-28-29(3)16(20)2)17-9-10-22(23(12-17)31-4)32-14-18-7-5-6-8-21(18)24(25,26)27/h5-10,12-13,19H,11,14H2,1-4H3. The third kappa shape index (κ3) is 5.12. The highest BCUT2D eigenvalue weighted by molar-refractivity contribution is 5.77. The number of aromatic nitrogens is 2. The van der Waals surface area contributed by atoms with Gasteiger partial charge in [-0.05, 0) is 37.6 Å². The second-order valence-electron chi connectivity index (χ2n) is 7.62. The minimum Gasteiger partial charge on any atom is -0.493 e. The average molecular weight is 446 g/mol. The van der Waals surface area contributed by atoms with Crippen LogP contribution in [0, 0.1) is 6.92 Å². The first-order chi connectivity index (χ1) is 15.1. The predicted molar refractivity (Wildman–Crippen MR) is 114 cm³/mol. The molecular weight excluding hydrogens is 421 g/mol. The van der Waals surface area contributed by atoms with Gasteiger partial charge in [0, 0.05) is 36.2 Å². The molecule has 32 heavy (non-hydrogen) atoms. The zero-order chi connectivity index (χ0) is 23.5. The molecule has 3 aromatic rings. The van der Waals surface area contributed by atoms with Crippen LogP contribution in [0.3, 0.4) is 0 Å². The van der Waals surface area contributed by atoms with Gasteiger partial charge in [-0.3, -0.25) is 9.48 Å². The van der Waals surface area contributed by atoms with E-state index in [-0.39, 0.29) is 30.3 Å². The lowest BCUT2D eigenvalue weighted by Gasteiger charge is -2.19. The molecule has 5 nitrogen and oxygen atoms in total. The lowest BCUT2D eigenvalue weighted by Crippen LogP contribution is -2.11. The Kier molecular flexibility index (Phi) is 6.91. The average Bonchev–Trinajstić information content (AvgIpc) is 3.08. The molecule has 0 N–H and O–H groups in total. The van der Waals surface area contributed by atoms with Gasteiger partial charge in [-0.1, -0.05) is 24.3 Å². The van der Waals surface area contributed by atoms with Crippen molar-refractivity contribution in [3.63, 3.8) is 0 Å². The molecule has 2 aromatic carbocycles. The number of benzene rings is 2. The van der Waals surface area contributed by atoms with Crippen LogP contribution in [-0.2, 0) is 24.6 Å². The summed E-state index contributed by atoms with van der Waals surface area (Å²) in [5.74, 6) is 0.496. The van der Waals surface area contributed by atoms with Crippen LogP contribution in [0.5, 0.6) is 11.5 Å². The number of methoxy groups -OCH3 is 1. The van der Waals surface area contributed by atoms with E-state index in [0.29, 0.717) is 11.5 Å². The van der Waals surface area contributed by atoms with Crippen LogP contribution >= 0.6 is 0 Å². The smallest absolute Gasteiger partial charge is 0.416 e. The topological polar surface area (TPSA) is 53.3 Å². The van der Waals surface area contributed by atoms with Gasteiger partial charge in [0.2, 0.25) is 0 Å². The lowest BCUT2D eigenvalue weighted by atomic mass is 9.87. The van der Waals surface area contributed by atoms with E-state index in [0.717, 1.165) is 22.9 Å². The fraction of sp³-hybridized carbons (Fsp3) is 0.333. The first-order valence-electron chi connectivity index (χ1n) is 10.1. The molecule has 3 rings (SSSR count). The number of halogens is 3. The Morgan fingerprint density at radius 1 is 1.16 bits per heavy atom. The second kappa shape index (κ2) is 9.46. The summed E-state index contributed by atoms with van der Waals surface area (Å²) in [5, 5.41) is 4.28. The number of alkyl halides is 3. The molecule has 0 aliphatic carbocycles. The summed E-state index contributed by atoms with van der Waals surface area (Å²) < 4.78 is 52.6. The molecule has 8 heteroatoms. The molecule has 170 valence electrons. The maximum absolute atomic E-state index is 13.2. The molecular formula is C24H25F3N2O3. The van der Waals surface area contributed by atoms with E-state index >= 15 is 0 Å². The number of Topliss-reactive ketones (excluding diaryl/α,β-unsaturated/α-hetero) is 1. The summed E-state index contributed by atoms with van der Waals surface area (Å²) in [5.41, 5.74) is 2.00. The Labute approximate surface area is 184 Å². The van der Waals surface area contributed by atoms with Gasteiger partial charge in [0.25, 0.3) is 0 Å². The normalized spacial score (nSPS) is 12.5. The minimum absolute atomic E-state index is 0.0290. The Balaban J connectivity index is 1.90. The summed E-state index contributed by atoms with van der Waals surface area (Å²) in [6.07, 6.45) is -2.43. The first-order valence-corrected chi connectivity index (χ1v) is 10.1. The van der Waals surface area contributed by atoms with Crippen molar-refractivity contribution < 1.29 is 27.4 Å². The first kappa shape index (κ1) is 23.4. The van der Waals surface area contributed by atoms with Gasteiger partial charge >= 0.3 is 6.18 Å². The van der Waals surface area contributed by atoms with Gasteiger partial charge in [-0.25, -0.2) is 0 Å². The van der Waals surface area contributed by atoms with E-state index in [1.807, 2.05) is 14.0 Å². The fourth-order valence-electron chi connectivity index (χ4n) is 3.65. The van der Waals surface area contributed by atoms with Crippen LogP contribution < -0.4 is 9.47 Å². The monoisotopic (exact) mass is 446 g/mol. The quantitative estimate of drug-likeness (QED) is 0.462. The van der Waals surface area contributed by atoms with E-state index in [2.05, 4.69) is 5.10 Å². The molecule has 0 aliphatic heterocycles. The van der Waals surface area contributed by atoms with Gasteiger partial charge < -0.3 is 9.47 Å². The van der Waals surface area contributed by atoms with Crippen molar-refractivity contribution in [3.8, 4) is 11.5 Å². The van der Waals surface area contributed by atoms with Crippen LogP contribution in [0.15, 0.2) is 48.7 Å². The van der Waals surface area contributed by atoms with Crippen molar-refractivity contribution in [1.82, 2.24) is 9.78 Å². The summed E-state index contributed by atoms with van der Waals surface area (Å²) in [6, 6.07) is 10.5. The molecule has 0 amide bonds. The van der Waals surface area contributed by atoms with Crippen LogP contribution in [-0.4, -0.2) is 22.7 Å². The number of hydrogen-bond acceptors (Lipinski definition) is 4. The second-order valence-corrected chi connectivity index (χ2v) is 7.62. The Bertz CT molecular complexity index is 1110. The van der Waals surface area contributed by atoms with Crippen molar-refractivity contribution in [3.05, 3.63) is 76.6 Å². The van der Waals surface area contributed by atoms with Crippen molar-refractivity contribution >= 4 is 5.78 Å². The summed E-state index contributed by atoms with van der Waals surface area (Å²) in [4.78, 5) is 11.9. The predicted octanol–water partition coefficient (Wildman–Crippen LogP) is 5.45. The third-order valence-corrected chi connectivity index (χ3v) is 5.44. The minimum atomic E-state index is -4.46. The van der Waals surface area contributed by atoms with Crippen molar-refractivity contribution in [2.24, 2.45) is 7.05 Å². The molecule has 1 unspecified atom stereocenters. The van der Waals surface area contributed by atoms with Crippen LogP contribution in [0.4, 0.5) is 13.2 Å². The number of ether oxygens (including phenoxy) is 2. The van der Waals surface area contributed by atoms with E-state index in [9.17, 15) is 18.0 Å². The Morgan fingerprint density at radius 2 is 1.88 bits per heavy atom. The summed E-state index contributed by atoms with van der Waals surface area (Å²) in [6.45, 7) is 3.21. The van der Waals surface area contributed by atoms with Gasteiger partial charge in [-0.15, -0.1) is 0 Å². The van der Waals surface area contributed by atoms with Gasteiger partial charge in [0.1, 0.15) is 12.4 Å². The zero-order valence-electron chi connectivity index (χ0n) is 18.4. The highest BCUT2D eigenvalue weighted by Crippen LogP contribution is 2.37. The zero-order valence-corrected chi connectivity index (χ0v) is 18.4. The van der Waals surface area contributed by atoms with Crippen molar-refractivity contribution in [1.29, 1.82) is 0 Å². The van der Waals surface area contributed by atoms with E-state index in [4.69, 9.17) is 9.47 Å². The molecule has 1 aromatic heterocycles. The third-order valence-electron chi connectivity index (χ3n) is 5.44. The van der Waals surface area contributed by atoms with Gasteiger partial charge in [0.05, 0.1) is 18.9 Å². The van der Waals surface area contributed by atoms with Crippen LogP contribution in [0.1, 0.15) is 47.2 Å². The number of hydrogen-bond donors (Lipinski definition) is 0. The van der Waals surface area contributed by atoms with Gasteiger partial charge in [0.15, 0.2) is 11.5 Å². The van der Waals surface area contributed by atoms with E-state index in [1.54, 1.807) is 29.1 Å². The molecule has 1 heterocycles. The molecule has 0 aliphatic rings. The SMILES string of the molecule is COc1cc(C(CC(C)=O)c2cnn(C)c2C)ccc1OCc1ccccc1C(F)(F)F. The largest absolute Gasteiger partial charge is 0.493 e. The molecule has 0 radical (unpaired) electrons. The van der Waals surface area contributed by atoms with E-state index in [1.165, 1.54) is 32.2 Å². The number of carbonyl (C=O) groups excluding carboxylic acids is 1. The molecule has 0 saturated heterocycles. The number of nitrogens with zero attached hydrogens (tertiary/aromatic N) is 2. The Hall–Kier alpha value is -3.29.